The minimum atomic E-state index is -0.981. The van der Waals surface area contributed by atoms with Gasteiger partial charge in [0.15, 0.2) is 6.10 Å². The van der Waals surface area contributed by atoms with Crippen LogP contribution in [0.5, 0.6) is 0 Å². The quantitative estimate of drug-likeness (QED) is 0.393. The highest BCUT2D eigenvalue weighted by atomic mass is 16.5. The van der Waals surface area contributed by atoms with Crippen LogP contribution < -0.4 is 0 Å². The molecule has 0 aliphatic heterocycles. The Morgan fingerprint density at radius 2 is 2.00 bits per heavy atom. The Morgan fingerprint density at radius 1 is 1.47 bits per heavy atom. The molecule has 0 fully saturated rings. The lowest BCUT2D eigenvalue weighted by Crippen LogP contribution is -2.43. The second-order valence-corrected chi connectivity index (χ2v) is 4.33. The van der Waals surface area contributed by atoms with Crippen LogP contribution in [0.4, 0.5) is 0 Å². The van der Waals surface area contributed by atoms with Crippen LogP contribution in [0.25, 0.3) is 0 Å². The van der Waals surface area contributed by atoms with Crippen molar-refractivity contribution in [2.45, 2.75) is 12.5 Å². The Labute approximate surface area is 89.5 Å². The van der Waals surface area contributed by atoms with Crippen molar-refractivity contribution in [3.05, 3.63) is 12.7 Å². The van der Waals surface area contributed by atoms with Crippen LogP contribution in [0.15, 0.2) is 12.7 Å². The summed E-state index contributed by atoms with van der Waals surface area (Å²) in [7, 11) is 5.70. The lowest BCUT2D eigenvalue weighted by atomic mass is 10.2. The van der Waals surface area contributed by atoms with Crippen molar-refractivity contribution in [2.24, 2.45) is 0 Å². The topological polar surface area (TPSA) is 63.6 Å². The van der Waals surface area contributed by atoms with E-state index in [9.17, 15) is 9.59 Å². The molecule has 0 amide bonds. The van der Waals surface area contributed by atoms with Crippen molar-refractivity contribution in [1.82, 2.24) is 0 Å². The smallest absolute Gasteiger partial charge is 0.330 e. The Morgan fingerprint density at radius 3 is 2.33 bits per heavy atom. The van der Waals surface area contributed by atoms with Gasteiger partial charge >= 0.3 is 11.9 Å². The molecule has 5 heteroatoms. The number of quaternary nitrogens is 1. The van der Waals surface area contributed by atoms with Gasteiger partial charge in [-0.3, -0.25) is 4.79 Å². The lowest BCUT2D eigenvalue weighted by molar-refractivity contribution is -0.873. The lowest BCUT2D eigenvalue weighted by Gasteiger charge is -2.28. The number of carboxylic acid groups (broad SMARTS) is 1. The second kappa shape index (κ2) is 5.50. The Bertz CT molecular complexity index is 255. The zero-order valence-corrected chi connectivity index (χ0v) is 9.40. The van der Waals surface area contributed by atoms with Gasteiger partial charge in [0.2, 0.25) is 0 Å². The minimum absolute atomic E-state index is 0.185. The fraction of sp³-hybridized carbons (Fsp3) is 0.600. The van der Waals surface area contributed by atoms with Gasteiger partial charge in [-0.05, 0) is 0 Å². The average molecular weight is 216 g/mol. The SMILES string of the molecule is C=CC(=O)OC(CC(=O)O)C[N+](C)(C)C. The summed E-state index contributed by atoms with van der Waals surface area (Å²) in [5.74, 6) is -1.57. The molecular formula is C10H18NO4+. The Balaban J connectivity index is 4.37. The van der Waals surface area contributed by atoms with Crippen LogP contribution in [-0.2, 0) is 14.3 Å². The van der Waals surface area contributed by atoms with Crippen LogP contribution in [0.2, 0.25) is 0 Å². The second-order valence-electron chi connectivity index (χ2n) is 4.33. The van der Waals surface area contributed by atoms with Gasteiger partial charge in [0.25, 0.3) is 0 Å². The molecule has 0 saturated carbocycles. The number of hydrogen-bond donors (Lipinski definition) is 1. The highest BCUT2D eigenvalue weighted by molar-refractivity contribution is 5.81. The average Bonchev–Trinajstić information content (AvgIpc) is 1.99. The molecule has 0 aromatic heterocycles. The van der Waals surface area contributed by atoms with E-state index in [1.54, 1.807) is 0 Å². The molecule has 0 spiro atoms. The third-order valence-corrected chi connectivity index (χ3v) is 1.60. The number of carbonyl (C=O) groups excluding carboxylic acids is 1. The number of nitrogens with zero attached hydrogens (tertiary/aromatic N) is 1. The van der Waals surface area contributed by atoms with E-state index in [0.29, 0.717) is 11.0 Å². The van der Waals surface area contributed by atoms with Crippen molar-refractivity contribution in [3.8, 4) is 0 Å². The summed E-state index contributed by atoms with van der Waals surface area (Å²) in [6, 6.07) is 0. The molecule has 0 rings (SSSR count). The first-order valence-electron chi connectivity index (χ1n) is 4.60. The normalized spacial score (nSPS) is 13.0. The molecule has 0 aromatic rings. The molecule has 1 unspecified atom stereocenters. The monoisotopic (exact) mass is 216 g/mol. The van der Waals surface area contributed by atoms with E-state index in [2.05, 4.69) is 6.58 Å². The van der Waals surface area contributed by atoms with Gasteiger partial charge in [0.05, 0.1) is 27.6 Å². The zero-order valence-electron chi connectivity index (χ0n) is 9.40. The molecule has 0 saturated heterocycles. The van der Waals surface area contributed by atoms with Crippen molar-refractivity contribution < 1.29 is 23.9 Å². The largest absolute Gasteiger partial charge is 0.481 e. The fourth-order valence-electron chi connectivity index (χ4n) is 1.16. The summed E-state index contributed by atoms with van der Waals surface area (Å²) in [6.45, 7) is 3.71. The van der Waals surface area contributed by atoms with Crippen molar-refractivity contribution in [1.29, 1.82) is 0 Å². The first-order chi connectivity index (χ1) is 6.74. The number of hydrogen-bond acceptors (Lipinski definition) is 3. The van der Waals surface area contributed by atoms with E-state index in [4.69, 9.17) is 9.84 Å². The number of carboxylic acids is 1. The van der Waals surface area contributed by atoms with Crippen molar-refractivity contribution in [2.75, 3.05) is 27.7 Å². The highest BCUT2D eigenvalue weighted by Gasteiger charge is 2.23. The van der Waals surface area contributed by atoms with E-state index in [1.165, 1.54) is 0 Å². The standard InChI is InChI=1S/C10H17NO4/c1-5-10(14)15-8(6-9(12)13)7-11(2,3)4/h5,8H,1,6-7H2,2-4H3/p+1. The van der Waals surface area contributed by atoms with Gasteiger partial charge in [-0.15, -0.1) is 0 Å². The molecule has 5 nitrogen and oxygen atoms in total. The molecule has 86 valence electrons. The zero-order chi connectivity index (χ0) is 12.1. The van der Waals surface area contributed by atoms with Crippen LogP contribution in [0.3, 0.4) is 0 Å². The molecule has 0 heterocycles. The number of rotatable bonds is 6. The summed E-state index contributed by atoms with van der Waals surface area (Å²) in [6.07, 6.45) is 0.229. The van der Waals surface area contributed by atoms with Crippen LogP contribution in [0, 0.1) is 0 Å². The number of likely N-dealkylation sites (N-methyl/N-ethyl adjacent to an activating group) is 1. The third-order valence-electron chi connectivity index (χ3n) is 1.60. The molecular weight excluding hydrogens is 198 g/mol. The van der Waals surface area contributed by atoms with Crippen LogP contribution in [-0.4, -0.2) is 55.3 Å². The van der Waals surface area contributed by atoms with E-state index >= 15 is 0 Å². The van der Waals surface area contributed by atoms with Crippen LogP contribution >= 0.6 is 0 Å². The fourth-order valence-corrected chi connectivity index (χ4v) is 1.16. The van der Waals surface area contributed by atoms with Gasteiger partial charge in [-0.1, -0.05) is 6.58 Å². The maximum Gasteiger partial charge on any atom is 0.330 e. The van der Waals surface area contributed by atoms with Crippen molar-refractivity contribution >= 4 is 11.9 Å². The number of ether oxygens (including phenoxy) is 1. The Kier molecular flexibility index (Phi) is 5.00. The van der Waals surface area contributed by atoms with Gasteiger partial charge in [0.1, 0.15) is 6.54 Å². The maximum atomic E-state index is 10.9. The summed E-state index contributed by atoms with van der Waals surface area (Å²) in [4.78, 5) is 21.5. The first-order valence-corrected chi connectivity index (χ1v) is 4.60. The van der Waals surface area contributed by atoms with Gasteiger partial charge < -0.3 is 14.3 Å². The minimum Gasteiger partial charge on any atom is -0.481 e. The van der Waals surface area contributed by atoms with Gasteiger partial charge in [-0.2, -0.15) is 0 Å². The molecule has 0 aliphatic carbocycles. The van der Waals surface area contributed by atoms with Crippen LogP contribution in [0.1, 0.15) is 6.42 Å². The summed E-state index contributed by atoms with van der Waals surface area (Å²) in [5.41, 5.74) is 0. The van der Waals surface area contributed by atoms with Crippen molar-refractivity contribution in [3.63, 3.8) is 0 Å². The predicted octanol–water partition coefficient (Wildman–Crippen LogP) is 0.265. The number of aliphatic carboxylic acids is 1. The number of carbonyl (C=O) groups is 2. The highest BCUT2D eigenvalue weighted by Crippen LogP contribution is 2.05. The molecule has 0 radical (unpaired) electrons. The molecule has 0 bridgehead atoms. The summed E-state index contributed by atoms with van der Waals surface area (Å²) in [5, 5.41) is 8.64. The van der Waals surface area contributed by atoms with Gasteiger partial charge in [-0.25, -0.2) is 4.79 Å². The number of esters is 1. The van der Waals surface area contributed by atoms with Gasteiger partial charge in [0, 0.05) is 6.08 Å². The third kappa shape index (κ3) is 7.69. The molecule has 1 atom stereocenters. The maximum absolute atomic E-state index is 10.9. The first kappa shape index (κ1) is 13.6. The van der Waals surface area contributed by atoms with E-state index < -0.39 is 18.0 Å². The van der Waals surface area contributed by atoms with E-state index in [-0.39, 0.29) is 6.42 Å². The van der Waals surface area contributed by atoms with E-state index in [1.807, 2.05) is 21.1 Å². The summed E-state index contributed by atoms with van der Waals surface area (Å²) < 4.78 is 5.46. The molecule has 0 aromatic carbocycles. The van der Waals surface area contributed by atoms with E-state index in [0.717, 1.165) is 6.08 Å². The summed E-state index contributed by atoms with van der Waals surface area (Å²) >= 11 is 0. The Hall–Kier alpha value is -1.36. The predicted molar refractivity (Wildman–Crippen MR) is 55.2 cm³/mol. The molecule has 1 N–H and O–H groups in total. The molecule has 0 aliphatic rings. The molecule has 15 heavy (non-hydrogen) atoms.